The molecule has 11 heteroatoms. The van der Waals surface area contributed by atoms with Gasteiger partial charge in [0.15, 0.2) is 11.5 Å². The van der Waals surface area contributed by atoms with E-state index in [1.165, 1.54) is 31.4 Å². The zero-order chi connectivity index (χ0) is 20.5. The lowest BCUT2D eigenvalue weighted by Gasteiger charge is -2.10. The molecule has 0 spiro atoms. The topological polar surface area (TPSA) is 95.1 Å². The third-order valence-corrected chi connectivity index (χ3v) is 3.68. The van der Waals surface area contributed by atoms with Crippen LogP contribution in [0, 0.1) is 5.82 Å². The Morgan fingerprint density at radius 1 is 1.25 bits per heavy atom. The van der Waals surface area contributed by atoms with E-state index in [0.29, 0.717) is 6.20 Å². The van der Waals surface area contributed by atoms with Gasteiger partial charge in [0.1, 0.15) is 23.1 Å². The molecule has 0 saturated heterocycles. The van der Waals surface area contributed by atoms with Crippen LogP contribution in [-0.2, 0) is 6.18 Å². The number of rotatable bonds is 4. The molecule has 3 rings (SSSR count). The first-order chi connectivity index (χ1) is 13.2. The van der Waals surface area contributed by atoms with Gasteiger partial charge in [-0.15, -0.1) is 0 Å². The number of halogens is 4. The number of carbonyl (C=O) groups is 1. The second kappa shape index (κ2) is 7.18. The van der Waals surface area contributed by atoms with Crippen LogP contribution >= 0.6 is 0 Å². The minimum atomic E-state index is -4.54. The first-order valence-corrected chi connectivity index (χ1v) is 7.73. The van der Waals surface area contributed by atoms with Crippen LogP contribution in [0.25, 0.3) is 5.69 Å². The molecule has 2 aromatic heterocycles. The summed E-state index contributed by atoms with van der Waals surface area (Å²) in [5.41, 5.74) is 4.59. The molecule has 0 radical (unpaired) electrons. The van der Waals surface area contributed by atoms with Gasteiger partial charge in [-0.1, -0.05) is 6.07 Å². The van der Waals surface area contributed by atoms with Crippen molar-refractivity contribution in [1.29, 1.82) is 0 Å². The fourth-order valence-corrected chi connectivity index (χ4v) is 2.37. The number of nitrogens with two attached hydrogens (primary N) is 1. The van der Waals surface area contributed by atoms with Gasteiger partial charge in [-0.3, -0.25) is 4.79 Å². The molecule has 0 bridgehead atoms. The predicted octanol–water partition coefficient (Wildman–Crippen LogP) is 3.27. The molecule has 0 unspecified atom stereocenters. The van der Waals surface area contributed by atoms with Crippen molar-refractivity contribution < 1.29 is 27.1 Å². The maximum absolute atomic E-state index is 14.2. The van der Waals surface area contributed by atoms with Crippen molar-refractivity contribution in [2.45, 2.75) is 6.18 Å². The van der Waals surface area contributed by atoms with Crippen molar-refractivity contribution in [2.24, 2.45) is 0 Å². The summed E-state index contributed by atoms with van der Waals surface area (Å²) in [7, 11) is 1.34. The van der Waals surface area contributed by atoms with E-state index in [1.54, 1.807) is 0 Å². The van der Waals surface area contributed by atoms with Crippen molar-refractivity contribution in [3.63, 3.8) is 0 Å². The number of para-hydroxylation sites is 1. The van der Waals surface area contributed by atoms with E-state index in [-0.39, 0.29) is 28.8 Å². The molecule has 3 N–H and O–H groups in total. The Hall–Kier alpha value is -3.63. The van der Waals surface area contributed by atoms with Crippen LogP contribution in [0.3, 0.4) is 0 Å². The van der Waals surface area contributed by atoms with Crippen LogP contribution in [0.15, 0.2) is 42.6 Å². The molecule has 0 aliphatic carbocycles. The van der Waals surface area contributed by atoms with Crippen molar-refractivity contribution >= 4 is 17.5 Å². The van der Waals surface area contributed by atoms with Gasteiger partial charge >= 0.3 is 6.18 Å². The van der Waals surface area contributed by atoms with E-state index in [0.717, 1.165) is 16.8 Å². The van der Waals surface area contributed by atoms with E-state index in [9.17, 15) is 22.4 Å². The SMILES string of the molecule is COc1cccc(F)c1-n1nc(C(=O)Nc2ccc(C(F)(F)F)cn2)cc1N. The fraction of sp³-hybridized carbons (Fsp3) is 0.118. The molecule has 1 amide bonds. The number of pyridine rings is 1. The van der Waals surface area contributed by atoms with Gasteiger partial charge < -0.3 is 15.8 Å². The summed E-state index contributed by atoms with van der Waals surface area (Å²) in [6.07, 6.45) is -3.95. The number of amides is 1. The van der Waals surface area contributed by atoms with E-state index >= 15 is 0 Å². The highest BCUT2D eigenvalue weighted by Crippen LogP contribution is 2.29. The molecule has 0 aliphatic rings. The zero-order valence-corrected chi connectivity index (χ0v) is 14.3. The van der Waals surface area contributed by atoms with E-state index in [4.69, 9.17) is 10.5 Å². The quantitative estimate of drug-likeness (QED) is 0.661. The maximum Gasteiger partial charge on any atom is 0.417 e. The molecule has 2 heterocycles. The molecular formula is C17H13F4N5O2. The number of anilines is 2. The zero-order valence-electron chi connectivity index (χ0n) is 14.3. The minimum Gasteiger partial charge on any atom is -0.494 e. The largest absolute Gasteiger partial charge is 0.494 e. The number of carbonyl (C=O) groups excluding carboxylic acids is 1. The third-order valence-electron chi connectivity index (χ3n) is 3.68. The average molecular weight is 395 g/mol. The summed E-state index contributed by atoms with van der Waals surface area (Å²) in [5.74, 6) is -1.48. The molecule has 0 aliphatic heterocycles. The lowest BCUT2D eigenvalue weighted by Crippen LogP contribution is -2.15. The van der Waals surface area contributed by atoms with Gasteiger partial charge in [0.25, 0.3) is 5.91 Å². The molecule has 0 fully saturated rings. The first kappa shape index (κ1) is 19.1. The Labute approximate surface area is 155 Å². The standard InChI is InChI=1S/C17H13F4N5O2/c1-28-12-4-2-3-10(18)15(12)26-13(22)7-11(25-26)16(27)24-14-6-5-9(8-23-14)17(19,20)21/h2-8H,22H2,1H3,(H,23,24,27). The molecule has 3 aromatic rings. The van der Waals surface area contributed by atoms with Gasteiger partial charge in [-0.2, -0.15) is 18.3 Å². The average Bonchev–Trinajstić information content (AvgIpc) is 3.02. The second-order valence-corrected chi connectivity index (χ2v) is 5.54. The fourth-order valence-electron chi connectivity index (χ4n) is 2.37. The molecule has 0 atom stereocenters. The van der Waals surface area contributed by atoms with Crippen LogP contribution in [0.2, 0.25) is 0 Å². The maximum atomic E-state index is 14.2. The number of alkyl halides is 3. The number of ether oxygens (including phenoxy) is 1. The number of benzene rings is 1. The third kappa shape index (κ3) is 3.72. The molecule has 1 aromatic carbocycles. The van der Waals surface area contributed by atoms with Crippen LogP contribution < -0.4 is 15.8 Å². The first-order valence-electron chi connectivity index (χ1n) is 7.73. The normalized spacial score (nSPS) is 11.3. The summed E-state index contributed by atoms with van der Waals surface area (Å²) in [5, 5.41) is 6.25. The van der Waals surface area contributed by atoms with E-state index in [2.05, 4.69) is 15.4 Å². The number of methoxy groups -OCH3 is 1. The van der Waals surface area contributed by atoms with E-state index < -0.39 is 23.5 Å². The molecule has 146 valence electrons. The number of aromatic nitrogens is 3. The molecule has 28 heavy (non-hydrogen) atoms. The number of nitrogens with zero attached hydrogens (tertiary/aromatic N) is 3. The summed E-state index contributed by atoms with van der Waals surface area (Å²) in [6.45, 7) is 0. The summed E-state index contributed by atoms with van der Waals surface area (Å²) < 4.78 is 57.9. The molecular weight excluding hydrogens is 382 g/mol. The Morgan fingerprint density at radius 3 is 2.61 bits per heavy atom. The van der Waals surface area contributed by atoms with Crippen molar-refractivity contribution in [3.8, 4) is 11.4 Å². The highest BCUT2D eigenvalue weighted by molar-refractivity contribution is 6.02. The number of hydrogen-bond donors (Lipinski definition) is 2. The molecule has 7 nitrogen and oxygen atoms in total. The predicted molar refractivity (Wildman–Crippen MR) is 91.7 cm³/mol. The summed E-state index contributed by atoms with van der Waals surface area (Å²) in [6, 6.07) is 7.06. The Balaban J connectivity index is 1.86. The van der Waals surface area contributed by atoms with Crippen LogP contribution in [0.1, 0.15) is 16.1 Å². The number of nitrogen functional groups attached to an aromatic ring is 1. The van der Waals surface area contributed by atoms with Crippen molar-refractivity contribution in [1.82, 2.24) is 14.8 Å². The van der Waals surface area contributed by atoms with Crippen LogP contribution in [0.5, 0.6) is 5.75 Å². The van der Waals surface area contributed by atoms with Gasteiger partial charge in [-0.05, 0) is 24.3 Å². The smallest absolute Gasteiger partial charge is 0.417 e. The Morgan fingerprint density at radius 2 is 2.00 bits per heavy atom. The minimum absolute atomic E-state index is 0.0473. The number of hydrogen-bond acceptors (Lipinski definition) is 5. The number of nitrogens with one attached hydrogen (secondary N) is 1. The monoisotopic (exact) mass is 395 g/mol. The molecule has 0 saturated carbocycles. The van der Waals surface area contributed by atoms with E-state index in [1.807, 2.05) is 0 Å². The van der Waals surface area contributed by atoms with Gasteiger partial charge in [0, 0.05) is 12.3 Å². The highest BCUT2D eigenvalue weighted by atomic mass is 19.4. The van der Waals surface area contributed by atoms with Crippen LogP contribution in [0.4, 0.5) is 29.2 Å². The Bertz CT molecular complexity index is 1020. The van der Waals surface area contributed by atoms with Gasteiger partial charge in [0.2, 0.25) is 0 Å². The second-order valence-electron chi connectivity index (χ2n) is 5.54. The van der Waals surface area contributed by atoms with Crippen molar-refractivity contribution in [2.75, 3.05) is 18.2 Å². The van der Waals surface area contributed by atoms with Crippen molar-refractivity contribution in [3.05, 3.63) is 59.7 Å². The summed E-state index contributed by atoms with van der Waals surface area (Å²) in [4.78, 5) is 15.8. The van der Waals surface area contributed by atoms with Gasteiger partial charge in [0.05, 0.1) is 12.7 Å². The highest BCUT2D eigenvalue weighted by Gasteiger charge is 2.30. The Kier molecular flexibility index (Phi) is 4.91. The van der Waals surface area contributed by atoms with Gasteiger partial charge in [-0.25, -0.2) is 14.1 Å². The lowest BCUT2D eigenvalue weighted by atomic mass is 10.3. The lowest BCUT2D eigenvalue weighted by molar-refractivity contribution is -0.137. The summed E-state index contributed by atoms with van der Waals surface area (Å²) >= 11 is 0. The van der Waals surface area contributed by atoms with Crippen LogP contribution in [-0.4, -0.2) is 27.8 Å².